The largest absolute Gasteiger partial charge is 0.383 e. The Bertz CT molecular complexity index is 466. The molecule has 1 aliphatic heterocycles. The molecule has 7 nitrogen and oxygen atoms in total. The number of hydrogen-bond donors (Lipinski definition) is 2. The zero-order valence-corrected chi connectivity index (χ0v) is 12.8. The minimum Gasteiger partial charge on any atom is -0.383 e. The third-order valence-corrected chi connectivity index (χ3v) is 4.01. The number of likely N-dealkylation sites (tertiary alicyclic amines) is 1. The molecule has 2 heterocycles. The third kappa shape index (κ3) is 4.68. The molecule has 1 aromatic rings. The van der Waals surface area contributed by atoms with Crippen molar-refractivity contribution >= 4 is 28.4 Å². The average molecular weight is 312 g/mol. The number of carbonyl (C=O) groups is 2. The van der Waals surface area contributed by atoms with Gasteiger partial charge in [0.2, 0.25) is 5.91 Å². The van der Waals surface area contributed by atoms with Crippen molar-refractivity contribution in [2.45, 2.75) is 12.8 Å². The number of anilines is 1. The van der Waals surface area contributed by atoms with Crippen molar-refractivity contribution in [2.24, 2.45) is 5.92 Å². The molecule has 21 heavy (non-hydrogen) atoms. The van der Waals surface area contributed by atoms with Crippen molar-refractivity contribution in [3.05, 3.63) is 11.6 Å². The van der Waals surface area contributed by atoms with E-state index in [4.69, 9.17) is 4.74 Å². The van der Waals surface area contributed by atoms with Gasteiger partial charge in [-0.25, -0.2) is 9.78 Å². The Morgan fingerprint density at radius 2 is 2.43 bits per heavy atom. The lowest BCUT2D eigenvalue weighted by atomic mass is 9.97. The molecule has 1 aromatic heterocycles. The zero-order chi connectivity index (χ0) is 15.1. The molecule has 0 radical (unpaired) electrons. The first kappa shape index (κ1) is 15.7. The Morgan fingerprint density at radius 3 is 3.14 bits per heavy atom. The van der Waals surface area contributed by atoms with Crippen LogP contribution in [0.15, 0.2) is 11.6 Å². The Hall–Kier alpha value is -1.67. The van der Waals surface area contributed by atoms with Gasteiger partial charge in [0, 0.05) is 38.3 Å². The molecule has 0 unspecified atom stereocenters. The molecular formula is C13H20N4O3S. The maximum Gasteiger partial charge on any atom is 0.317 e. The predicted octanol–water partition coefficient (Wildman–Crippen LogP) is 1.15. The van der Waals surface area contributed by atoms with E-state index in [9.17, 15) is 9.59 Å². The second kappa shape index (κ2) is 7.94. The summed E-state index contributed by atoms with van der Waals surface area (Å²) in [4.78, 5) is 29.9. The van der Waals surface area contributed by atoms with Gasteiger partial charge in [-0.3, -0.25) is 4.79 Å². The minimum absolute atomic E-state index is 0.0701. The van der Waals surface area contributed by atoms with Crippen molar-refractivity contribution < 1.29 is 14.3 Å². The number of carbonyl (C=O) groups excluding carboxylic acids is 2. The number of amides is 3. The average Bonchev–Trinajstić information content (AvgIpc) is 3.00. The van der Waals surface area contributed by atoms with Crippen LogP contribution < -0.4 is 10.6 Å². The number of nitrogens with zero attached hydrogens (tertiary/aromatic N) is 2. The summed E-state index contributed by atoms with van der Waals surface area (Å²) in [5, 5.41) is 7.98. The van der Waals surface area contributed by atoms with Gasteiger partial charge in [-0.1, -0.05) is 0 Å². The van der Waals surface area contributed by atoms with Gasteiger partial charge >= 0.3 is 6.03 Å². The highest BCUT2D eigenvalue weighted by molar-refractivity contribution is 7.13. The summed E-state index contributed by atoms with van der Waals surface area (Å²) < 4.78 is 4.89. The molecule has 1 atom stereocenters. The fourth-order valence-corrected chi connectivity index (χ4v) is 2.77. The molecule has 3 amide bonds. The van der Waals surface area contributed by atoms with E-state index < -0.39 is 0 Å². The number of ether oxygens (including phenoxy) is 1. The lowest BCUT2D eigenvalue weighted by molar-refractivity contribution is -0.121. The molecule has 1 aliphatic rings. The van der Waals surface area contributed by atoms with Gasteiger partial charge in [-0.05, 0) is 12.8 Å². The van der Waals surface area contributed by atoms with Crippen molar-refractivity contribution in [2.75, 3.05) is 38.7 Å². The molecule has 2 N–H and O–H groups in total. The Kier molecular flexibility index (Phi) is 5.94. The van der Waals surface area contributed by atoms with Crippen LogP contribution in [0.3, 0.4) is 0 Å². The van der Waals surface area contributed by atoms with E-state index in [2.05, 4.69) is 15.6 Å². The molecule has 1 saturated heterocycles. The number of thiazole rings is 1. The molecular weight excluding hydrogens is 292 g/mol. The van der Waals surface area contributed by atoms with Gasteiger partial charge in [-0.15, -0.1) is 11.3 Å². The van der Waals surface area contributed by atoms with Crippen LogP contribution in [0.4, 0.5) is 9.93 Å². The summed E-state index contributed by atoms with van der Waals surface area (Å²) in [6, 6.07) is -0.140. The number of aromatic nitrogens is 1. The van der Waals surface area contributed by atoms with E-state index in [0.717, 1.165) is 12.8 Å². The van der Waals surface area contributed by atoms with E-state index in [1.54, 1.807) is 18.2 Å². The molecule has 2 rings (SSSR count). The van der Waals surface area contributed by atoms with Crippen LogP contribution in [-0.2, 0) is 9.53 Å². The lowest BCUT2D eigenvalue weighted by Gasteiger charge is -2.31. The molecule has 0 saturated carbocycles. The molecule has 1 fully saturated rings. The second-order valence-corrected chi connectivity index (χ2v) is 5.73. The van der Waals surface area contributed by atoms with E-state index in [1.807, 2.05) is 5.38 Å². The van der Waals surface area contributed by atoms with Crippen LogP contribution in [0, 0.1) is 5.92 Å². The summed E-state index contributed by atoms with van der Waals surface area (Å²) in [6.07, 6.45) is 3.27. The maximum absolute atomic E-state index is 12.2. The van der Waals surface area contributed by atoms with Gasteiger partial charge in [0.1, 0.15) is 0 Å². The number of nitrogens with one attached hydrogen (secondary N) is 2. The third-order valence-electron chi connectivity index (χ3n) is 3.32. The number of urea groups is 1. The Morgan fingerprint density at radius 1 is 1.57 bits per heavy atom. The van der Waals surface area contributed by atoms with Gasteiger partial charge in [0.25, 0.3) is 0 Å². The van der Waals surface area contributed by atoms with E-state index in [1.165, 1.54) is 11.3 Å². The lowest BCUT2D eigenvalue weighted by Crippen LogP contribution is -2.48. The number of methoxy groups -OCH3 is 1. The van der Waals surface area contributed by atoms with Gasteiger partial charge in [-0.2, -0.15) is 0 Å². The smallest absolute Gasteiger partial charge is 0.317 e. The van der Waals surface area contributed by atoms with Crippen LogP contribution in [-0.4, -0.2) is 55.2 Å². The summed E-state index contributed by atoms with van der Waals surface area (Å²) in [7, 11) is 1.59. The zero-order valence-electron chi connectivity index (χ0n) is 12.0. The minimum atomic E-state index is -0.184. The van der Waals surface area contributed by atoms with E-state index in [0.29, 0.717) is 31.4 Å². The number of hydrogen-bond acceptors (Lipinski definition) is 5. The van der Waals surface area contributed by atoms with E-state index >= 15 is 0 Å². The van der Waals surface area contributed by atoms with Crippen LogP contribution in [0.2, 0.25) is 0 Å². The van der Waals surface area contributed by atoms with Crippen LogP contribution in [0.25, 0.3) is 0 Å². The predicted molar refractivity (Wildman–Crippen MR) is 80.3 cm³/mol. The Labute approximate surface area is 127 Å². The number of rotatable bonds is 5. The molecule has 0 aromatic carbocycles. The normalized spacial score (nSPS) is 18.3. The summed E-state index contributed by atoms with van der Waals surface area (Å²) in [5.74, 6) is -0.254. The van der Waals surface area contributed by atoms with Gasteiger partial charge in [0.05, 0.1) is 12.5 Å². The molecule has 116 valence electrons. The topological polar surface area (TPSA) is 83.6 Å². The highest BCUT2D eigenvalue weighted by atomic mass is 32.1. The van der Waals surface area contributed by atoms with Gasteiger partial charge in [0.15, 0.2) is 5.13 Å². The molecule has 0 spiro atoms. The molecule has 0 aliphatic carbocycles. The quantitative estimate of drug-likeness (QED) is 0.799. The van der Waals surface area contributed by atoms with Crippen molar-refractivity contribution in [3.63, 3.8) is 0 Å². The standard InChI is InChI=1S/C13H20N4O3S/c1-20-7-4-15-13(19)17-6-2-3-10(9-17)11(18)16-12-14-5-8-21-12/h5,8,10H,2-4,6-7,9H2,1H3,(H,15,19)(H,14,16,18)/t10-/m0/s1. The molecule has 8 heteroatoms. The fourth-order valence-electron chi connectivity index (χ4n) is 2.24. The maximum atomic E-state index is 12.2. The monoisotopic (exact) mass is 312 g/mol. The summed E-state index contributed by atoms with van der Waals surface area (Å²) in [6.45, 7) is 2.07. The first-order valence-electron chi connectivity index (χ1n) is 6.92. The van der Waals surface area contributed by atoms with Crippen LogP contribution in [0.1, 0.15) is 12.8 Å². The first-order chi connectivity index (χ1) is 10.2. The number of piperidine rings is 1. The van der Waals surface area contributed by atoms with Gasteiger partial charge < -0.3 is 20.3 Å². The van der Waals surface area contributed by atoms with Crippen molar-refractivity contribution in [3.8, 4) is 0 Å². The highest BCUT2D eigenvalue weighted by Crippen LogP contribution is 2.19. The van der Waals surface area contributed by atoms with Crippen LogP contribution >= 0.6 is 11.3 Å². The second-order valence-electron chi connectivity index (χ2n) is 4.84. The summed E-state index contributed by atoms with van der Waals surface area (Å²) in [5.41, 5.74) is 0. The van der Waals surface area contributed by atoms with Crippen molar-refractivity contribution in [1.82, 2.24) is 15.2 Å². The first-order valence-corrected chi connectivity index (χ1v) is 7.80. The summed E-state index contributed by atoms with van der Waals surface area (Å²) >= 11 is 1.39. The fraction of sp³-hybridized carbons (Fsp3) is 0.615. The van der Waals surface area contributed by atoms with Crippen LogP contribution in [0.5, 0.6) is 0 Å². The Balaban J connectivity index is 1.82. The SMILES string of the molecule is COCCNC(=O)N1CCC[C@H](C(=O)Nc2nccs2)C1. The van der Waals surface area contributed by atoms with E-state index in [-0.39, 0.29) is 17.9 Å². The van der Waals surface area contributed by atoms with Crippen molar-refractivity contribution in [1.29, 1.82) is 0 Å². The molecule has 0 bridgehead atoms. The highest BCUT2D eigenvalue weighted by Gasteiger charge is 2.28.